The second kappa shape index (κ2) is 5.24. The fraction of sp³-hybridized carbons (Fsp3) is 0.286. The van der Waals surface area contributed by atoms with Gasteiger partial charge in [-0.3, -0.25) is 9.78 Å². The molecular formula is C14H17N3O2. The minimum atomic E-state index is -0.592. The summed E-state index contributed by atoms with van der Waals surface area (Å²) in [6.07, 6.45) is 1.04. The molecule has 2 rings (SSSR count). The number of nitrogens with zero attached hydrogens (tertiary/aromatic N) is 1. The fourth-order valence-electron chi connectivity index (χ4n) is 2.01. The monoisotopic (exact) mass is 259 g/mol. The van der Waals surface area contributed by atoms with Gasteiger partial charge in [0.2, 0.25) is 0 Å². The lowest BCUT2D eigenvalue weighted by atomic mass is 10.0. The molecule has 0 fully saturated rings. The summed E-state index contributed by atoms with van der Waals surface area (Å²) >= 11 is 0. The first-order chi connectivity index (χ1) is 9.00. The number of fused-ring (bicyclic) bond motifs is 1. The van der Waals surface area contributed by atoms with Gasteiger partial charge in [-0.25, -0.2) is 0 Å². The van der Waals surface area contributed by atoms with Crippen LogP contribution >= 0.6 is 0 Å². The van der Waals surface area contributed by atoms with Crippen LogP contribution in [-0.4, -0.2) is 28.6 Å². The van der Waals surface area contributed by atoms with Crippen LogP contribution in [0.15, 0.2) is 24.4 Å². The number of hydrogen-bond donors (Lipinski definition) is 3. The molecule has 0 bridgehead atoms. The van der Waals surface area contributed by atoms with Gasteiger partial charge in [-0.15, -0.1) is 0 Å². The quantitative estimate of drug-likeness (QED) is 0.723. The van der Waals surface area contributed by atoms with Crippen LogP contribution in [0.1, 0.15) is 23.0 Å². The molecule has 0 aliphatic rings. The molecule has 1 aromatic heterocycles. The summed E-state index contributed by atoms with van der Waals surface area (Å²) in [5.41, 5.74) is 7.83. The Labute approximate surface area is 111 Å². The Morgan fingerprint density at radius 2 is 2.26 bits per heavy atom. The highest BCUT2D eigenvalue weighted by Crippen LogP contribution is 2.25. The minimum absolute atomic E-state index is 0.193. The Bertz CT molecular complexity index is 615. The lowest BCUT2D eigenvalue weighted by Gasteiger charge is -2.11. The second-order valence-electron chi connectivity index (χ2n) is 4.62. The maximum Gasteiger partial charge on any atom is 0.270 e. The Kier molecular flexibility index (Phi) is 3.66. The van der Waals surface area contributed by atoms with E-state index in [-0.39, 0.29) is 12.5 Å². The zero-order chi connectivity index (χ0) is 14.0. The van der Waals surface area contributed by atoms with Gasteiger partial charge in [0.25, 0.3) is 5.91 Å². The molecule has 1 aromatic carbocycles. The molecule has 0 saturated carbocycles. The van der Waals surface area contributed by atoms with Gasteiger partial charge in [0.05, 0.1) is 6.10 Å². The molecule has 1 unspecified atom stereocenters. The van der Waals surface area contributed by atoms with E-state index < -0.39 is 6.10 Å². The summed E-state index contributed by atoms with van der Waals surface area (Å²) in [6.45, 7) is 3.71. The van der Waals surface area contributed by atoms with Gasteiger partial charge in [0, 0.05) is 29.2 Å². The molecule has 0 aliphatic carbocycles. The van der Waals surface area contributed by atoms with Gasteiger partial charge in [-0.1, -0.05) is 12.1 Å². The van der Waals surface area contributed by atoms with Crippen LogP contribution < -0.4 is 11.1 Å². The molecule has 100 valence electrons. The Balaban J connectivity index is 2.47. The molecular weight excluding hydrogens is 242 g/mol. The predicted molar refractivity (Wildman–Crippen MR) is 74.9 cm³/mol. The van der Waals surface area contributed by atoms with Crippen LogP contribution in [0, 0.1) is 6.92 Å². The van der Waals surface area contributed by atoms with Crippen LogP contribution in [0.5, 0.6) is 0 Å². The van der Waals surface area contributed by atoms with Crippen molar-refractivity contribution in [2.75, 3.05) is 12.3 Å². The molecule has 19 heavy (non-hydrogen) atoms. The number of carbonyl (C=O) groups excluding carboxylic acids is 1. The normalized spacial score (nSPS) is 12.4. The number of nitrogens with one attached hydrogen (secondary N) is 1. The topological polar surface area (TPSA) is 88.2 Å². The molecule has 0 spiro atoms. The summed E-state index contributed by atoms with van der Waals surface area (Å²) in [5, 5.41) is 13.4. The number of pyridine rings is 1. The summed E-state index contributed by atoms with van der Waals surface area (Å²) in [7, 11) is 0. The third-order valence-electron chi connectivity index (χ3n) is 2.91. The molecule has 1 amide bonds. The Morgan fingerprint density at radius 3 is 2.95 bits per heavy atom. The molecule has 0 saturated heterocycles. The number of carbonyl (C=O) groups is 1. The lowest BCUT2D eigenvalue weighted by Crippen LogP contribution is -2.31. The van der Waals surface area contributed by atoms with Crippen molar-refractivity contribution >= 4 is 22.4 Å². The van der Waals surface area contributed by atoms with Crippen molar-refractivity contribution in [3.63, 3.8) is 0 Å². The SMILES string of the molecule is Cc1cnc(C(=O)NCC(C)O)c2cccc(N)c12. The van der Waals surface area contributed by atoms with Crippen LogP contribution in [0.2, 0.25) is 0 Å². The van der Waals surface area contributed by atoms with E-state index in [1.165, 1.54) is 0 Å². The number of nitrogen functional groups attached to an aromatic ring is 1. The third kappa shape index (κ3) is 2.66. The number of aryl methyl sites for hydroxylation is 1. The molecule has 5 heteroatoms. The smallest absolute Gasteiger partial charge is 0.270 e. The van der Waals surface area contributed by atoms with Crippen LogP contribution in [0.25, 0.3) is 10.8 Å². The van der Waals surface area contributed by atoms with E-state index in [4.69, 9.17) is 5.73 Å². The summed E-state index contributed by atoms with van der Waals surface area (Å²) in [6, 6.07) is 5.42. The highest BCUT2D eigenvalue weighted by atomic mass is 16.3. The van der Waals surface area contributed by atoms with Crippen molar-refractivity contribution in [2.45, 2.75) is 20.0 Å². The number of hydrogen-bond acceptors (Lipinski definition) is 4. The van der Waals surface area contributed by atoms with E-state index >= 15 is 0 Å². The molecule has 0 radical (unpaired) electrons. The standard InChI is InChI=1S/C14H17N3O2/c1-8-6-16-13(14(19)17-7-9(2)18)10-4-3-5-11(15)12(8)10/h3-6,9,18H,7,15H2,1-2H3,(H,17,19). The Hall–Kier alpha value is -2.14. The molecule has 5 nitrogen and oxygen atoms in total. The number of amides is 1. The number of nitrogens with two attached hydrogens (primary N) is 1. The summed E-state index contributed by atoms with van der Waals surface area (Å²) in [4.78, 5) is 16.2. The third-order valence-corrected chi connectivity index (χ3v) is 2.91. The van der Waals surface area contributed by atoms with Crippen molar-refractivity contribution in [1.82, 2.24) is 10.3 Å². The molecule has 1 atom stereocenters. The first-order valence-corrected chi connectivity index (χ1v) is 6.10. The largest absolute Gasteiger partial charge is 0.398 e. The van der Waals surface area contributed by atoms with Gasteiger partial charge < -0.3 is 16.2 Å². The van der Waals surface area contributed by atoms with Gasteiger partial charge in [0.1, 0.15) is 5.69 Å². The van der Waals surface area contributed by atoms with E-state index in [1.807, 2.05) is 13.0 Å². The summed E-state index contributed by atoms with van der Waals surface area (Å²) < 4.78 is 0. The summed E-state index contributed by atoms with van der Waals surface area (Å²) in [5.74, 6) is -0.309. The highest BCUT2D eigenvalue weighted by molar-refractivity contribution is 6.08. The van der Waals surface area contributed by atoms with Crippen molar-refractivity contribution < 1.29 is 9.90 Å². The lowest BCUT2D eigenvalue weighted by molar-refractivity contribution is 0.0921. The van der Waals surface area contributed by atoms with Crippen LogP contribution in [0.3, 0.4) is 0 Å². The van der Waals surface area contributed by atoms with Crippen molar-refractivity contribution in [1.29, 1.82) is 0 Å². The highest BCUT2D eigenvalue weighted by Gasteiger charge is 2.14. The molecule has 0 aliphatic heterocycles. The van der Waals surface area contributed by atoms with E-state index in [2.05, 4.69) is 10.3 Å². The number of aliphatic hydroxyl groups is 1. The average molecular weight is 259 g/mol. The number of aromatic nitrogens is 1. The number of rotatable bonds is 3. The number of benzene rings is 1. The molecule has 4 N–H and O–H groups in total. The van der Waals surface area contributed by atoms with Crippen molar-refractivity contribution in [3.05, 3.63) is 35.7 Å². The zero-order valence-electron chi connectivity index (χ0n) is 11.0. The van der Waals surface area contributed by atoms with Gasteiger partial charge >= 0.3 is 0 Å². The number of anilines is 1. The predicted octanol–water partition coefficient (Wildman–Crippen LogP) is 1.24. The van der Waals surface area contributed by atoms with E-state index in [0.29, 0.717) is 11.4 Å². The van der Waals surface area contributed by atoms with E-state index in [9.17, 15) is 9.90 Å². The second-order valence-corrected chi connectivity index (χ2v) is 4.62. The minimum Gasteiger partial charge on any atom is -0.398 e. The van der Waals surface area contributed by atoms with Crippen molar-refractivity contribution in [2.24, 2.45) is 0 Å². The maximum absolute atomic E-state index is 12.1. The zero-order valence-corrected chi connectivity index (χ0v) is 11.0. The average Bonchev–Trinajstić information content (AvgIpc) is 2.36. The first kappa shape index (κ1) is 13.3. The maximum atomic E-state index is 12.1. The first-order valence-electron chi connectivity index (χ1n) is 6.10. The molecule has 2 aromatic rings. The van der Waals surface area contributed by atoms with Gasteiger partial charge in [-0.05, 0) is 25.5 Å². The Morgan fingerprint density at radius 1 is 1.53 bits per heavy atom. The van der Waals surface area contributed by atoms with E-state index in [1.54, 1.807) is 25.3 Å². The fourth-order valence-corrected chi connectivity index (χ4v) is 2.01. The van der Waals surface area contributed by atoms with E-state index in [0.717, 1.165) is 16.3 Å². The molecule has 1 heterocycles. The van der Waals surface area contributed by atoms with Gasteiger partial charge in [-0.2, -0.15) is 0 Å². The van der Waals surface area contributed by atoms with Gasteiger partial charge in [0.15, 0.2) is 0 Å². The van der Waals surface area contributed by atoms with Crippen molar-refractivity contribution in [3.8, 4) is 0 Å². The number of aliphatic hydroxyl groups excluding tert-OH is 1. The van der Waals surface area contributed by atoms with Crippen LogP contribution in [-0.2, 0) is 0 Å². The van der Waals surface area contributed by atoms with Crippen LogP contribution in [0.4, 0.5) is 5.69 Å².